The average Bonchev–Trinajstić information content (AvgIpc) is 2.73. The van der Waals surface area contributed by atoms with Crippen LogP contribution in [0.4, 0.5) is 0 Å². The summed E-state index contributed by atoms with van der Waals surface area (Å²) in [4.78, 5) is 10.2. The van der Waals surface area contributed by atoms with Crippen LogP contribution >= 0.6 is 0 Å². The van der Waals surface area contributed by atoms with E-state index in [1.165, 1.54) is 24.3 Å². The van der Waals surface area contributed by atoms with Gasteiger partial charge in [0.1, 0.15) is 13.2 Å². The number of para-hydroxylation sites is 3. The normalized spacial score (nSPS) is 15.7. The van der Waals surface area contributed by atoms with Gasteiger partial charge in [-0.3, -0.25) is 0 Å². The summed E-state index contributed by atoms with van der Waals surface area (Å²) in [6.45, 7) is 5.65. The van der Waals surface area contributed by atoms with Gasteiger partial charge in [-0.25, -0.2) is 4.79 Å². The van der Waals surface area contributed by atoms with E-state index in [9.17, 15) is 9.90 Å². The van der Waals surface area contributed by atoms with Crippen LogP contribution in [0.5, 0.6) is 17.2 Å². The molecule has 3 rings (SSSR count). The second kappa shape index (κ2) is 13.4. The van der Waals surface area contributed by atoms with Gasteiger partial charge in [-0.1, -0.05) is 36.1 Å². The summed E-state index contributed by atoms with van der Waals surface area (Å²) in [6, 6.07) is 13.2. The van der Waals surface area contributed by atoms with Gasteiger partial charge in [-0.2, -0.15) is 0 Å². The van der Waals surface area contributed by atoms with Gasteiger partial charge >= 0.3 is 5.97 Å². The highest BCUT2D eigenvalue weighted by atomic mass is 16.6. The number of hydrogen-bond donors (Lipinski definition) is 2. The third-order valence-corrected chi connectivity index (χ3v) is 3.87. The summed E-state index contributed by atoms with van der Waals surface area (Å²) in [5, 5.41) is 21.2. The lowest BCUT2D eigenvalue weighted by Gasteiger charge is -2.12. The lowest BCUT2D eigenvalue weighted by atomic mass is 10.2. The predicted molar refractivity (Wildman–Crippen MR) is 104 cm³/mol. The number of aromatic carboxylic acids is 1. The highest BCUT2D eigenvalue weighted by Gasteiger charge is 2.05. The Bertz CT molecular complexity index is 705. The summed E-state index contributed by atoms with van der Waals surface area (Å²) < 4.78 is 22.3. The fourth-order valence-electron chi connectivity index (χ4n) is 2.43. The zero-order chi connectivity index (χ0) is 20.7. The molecule has 8 heteroatoms. The maximum absolute atomic E-state index is 10.7. The van der Waals surface area contributed by atoms with E-state index in [-0.39, 0.29) is 5.56 Å². The van der Waals surface area contributed by atoms with Crippen molar-refractivity contribution in [3.05, 3.63) is 54.1 Å². The second-order valence-electron chi connectivity index (χ2n) is 6.04. The van der Waals surface area contributed by atoms with Crippen LogP contribution in [0.3, 0.4) is 0 Å². The predicted octanol–water partition coefficient (Wildman–Crippen LogP) is 0.513. The van der Waals surface area contributed by atoms with Gasteiger partial charge in [-0.05, 0) is 18.2 Å². The third-order valence-electron chi connectivity index (χ3n) is 3.87. The molecule has 0 fully saturated rings. The van der Waals surface area contributed by atoms with Gasteiger partial charge < -0.3 is 34.5 Å². The van der Waals surface area contributed by atoms with E-state index < -0.39 is 11.7 Å². The fourth-order valence-corrected chi connectivity index (χ4v) is 2.43. The Morgan fingerprint density at radius 2 is 1.31 bits per heavy atom. The summed E-state index contributed by atoms with van der Waals surface area (Å²) in [7, 11) is 0. The molecule has 0 bridgehead atoms. The van der Waals surface area contributed by atoms with E-state index in [0.717, 1.165) is 37.8 Å². The van der Waals surface area contributed by atoms with Crippen molar-refractivity contribution in [2.75, 3.05) is 52.7 Å². The lowest BCUT2D eigenvalue weighted by Crippen LogP contribution is -2.86. The Morgan fingerprint density at radius 3 is 1.79 bits per heavy atom. The van der Waals surface area contributed by atoms with Gasteiger partial charge in [0.05, 0.1) is 45.1 Å². The van der Waals surface area contributed by atoms with Crippen molar-refractivity contribution in [2.24, 2.45) is 0 Å². The number of hydrogen-bond acceptors (Lipinski definition) is 6. The molecule has 2 aromatic carbocycles. The van der Waals surface area contributed by atoms with Crippen LogP contribution < -0.4 is 19.9 Å². The maximum atomic E-state index is 10.7. The molecule has 0 radical (unpaired) electrons. The minimum atomic E-state index is -1.18. The first-order valence-electron chi connectivity index (χ1n) is 9.49. The van der Waals surface area contributed by atoms with Gasteiger partial charge in [0.15, 0.2) is 11.5 Å². The molecule has 0 aliphatic carbocycles. The molecule has 158 valence electrons. The Morgan fingerprint density at radius 1 is 0.793 bits per heavy atom. The van der Waals surface area contributed by atoms with Crippen LogP contribution in [-0.2, 0) is 9.47 Å². The van der Waals surface area contributed by atoms with Crippen LogP contribution in [0.15, 0.2) is 48.5 Å². The molecular formula is C21H27NO7. The number of ether oxygens (including phenoxy) is 4. The van der Waals surface area contributed by atoms with E-state index in [1.807, 2.05) is 24.3 Å². The smallest absolute Gasteiger partial charge is 0.335 e. The molecule has 1 aliphatic rings. The number of carboxylic acid groups (broad SMARTS) is 1. The maximum Gasteiger partial charge on any atom is 0.335 e. The fraction of sp³-hybridized carbons (Fsp3) is 0.381. The minimum Gasteiger partial charge on any atom is -0.872 e. The van der Waals surface area contributed by atoms with E-state index >= 15 is 0 Å². The monoisotopic (exact) mass is 405 g/mol. The Hall–Kier alpha value is -2.81. The number of carboxylic acids is 1. The van der Waals surface area contributed by atoms with Gasteiger partial charge in [0.25, 0.3) is 0 Å². The Balaban J connectivity index is 0.000000253. The molecule has 0 amide bonds. The van der Waals surface area contributed by atoms with Crippen molar-refractivity contribution >= 4 is 5.97 Å². The molecule has 8 nitrogen and oxygen atoms in total. The first-order valence-corrected chi connectivity index (χ1v) is 9.49. The van der Waals surface area contributed by atoms with E-state index in [1.54, 1.807) is 0 Å². The molecule has 1 aliphatic heterocycles. The number of benzene rings is 2. The Kier molecular flexibility index (Phi) is 10.4. The molecule has 0 saturated heterocycles. The lowest BCUT2D eigenvalue weighted by molar-refractivity contribution is -0.657. The quantitative estimate of drug-likeness (QED) is 0.711. The molecular weight excluding hydrogens is 378 g/mol. The summed E-state index contributed by atoms with van der Waals surface area (Å²) in [5.74, 6) is -0.110. The van der Waals surface area contributed by atoms with Crippen molar-refractivity contribution in [1.82, 2.24) is 0 Å². The molecule has 2 aromatic rings. The minimum absolute atomic E-state index is 0.178. The Labute approximate surface area is 170 Å². The van der Waals surface area contributed by atoms with Gasteiger partial charge in [-0.15, -0.1) is 0 Å². The number of fused-ring (bicyclic) bond motifs is 1. The number of quaternary nitrogens is 1. The van der Waals surface area contributed by atoms with Gasteiger partial charge in [0.2, 0.25) is 0 Å². The molecule has 3 N–H and O–H groups in total. The first kappa shape index (κ1) is 22.5. The molecule has 0 atom stereocenters. The summed E-state index contributed by atoms with van der Waals surface area (Å²) in [5.41, 5.74) is -0.178. The number of nitrogens with two attached hydrogens (primary N) is 1. The SMILES string of the molecule is O=C(O)c1ccccc1[O-].c1ccc2c(c1)OCCOCC[NH2+]CCOCCO2. The van der Waals surface area contributed by atoms with Crippen LogP contribution in [-0.4, -0.2) is 63.8 Å². The van der Waals surface area contributed by atoms with Crippen molar-refractivity contribution in [1.29, 1.82) is 0 Å². The molecule has 0 unspecified atom stereocenters. The summed E-state index contributed by atoms with van der Waals surface area (Å²) in [6.07, 6.45) is 0. The van der Waals surface area contributed by atoms with Crippen molar-refractivity contribution < 1.29 is 39.3 Å². The highest BCUT2D eigenvalue weighted by Crippen LogP contribution is 2.26. The van der Waals surface area contributed by atoms with Crippen LogP contribution in [0, 0.1) is 0 Å². The molecule has 0 spiro atoms. The van der Waals surface area contributed by atoms with E-state index in [4.69, 9.17) is 24.1 Å². The third kappa shape index (κ3) is 8.82. The van der Waals surface area contributed by atoms with Crippen LogP contribution in [0.2, 0.25) is 0 Å². The van der Waals surface area contributed by atoms with Crippen molar-refractivity contribution in [3.8, 4) is 17.2 Å². The topological polar surface area (TPSA) is 114 Å². The van der Waals surface area contributed by atoms with E-state index in [0.29, 0.717) is 26.4 Å². The number of rotatable bonds is 1. The zero-order valence-electron chi connectivity index (χ0n) is 16.2. The van der Waals surface area contributed by atoms with Crippen molar-refractivity contribution in [3.63, 3.8) is 0 Å². The van der Waals surface area contributed by atoms with E-state index in [2.05, 4.69) is 5.32 Å². The molecule has 0 saturated carbocycles. The second-order valence-corrected chi connectivity index (χ2v) is 6.04. The number of carbonyl (C=O) groups is 1. The largest absolute Gasteiger partial charge is 0.872 e. The summed E-state index contributed by atoms with van der Waals surface area (Å²) >= 11 is 0. The van der Waals surface area contributed by atoms with Gasteiger partial charge in [0, 0.05) is 0 Å². The standard InChI is InChI=1S/C14H21NO4.C7H6O3/c1-2-4-14-13(3-1)18-11-9-16-7-5-15-6-8-17-10-12-19-14;8-6-4-2-1-3-5(6)7(9)10/h1-4,15H,5-12H2;1-4,8H,(H,9,10). The van der Waals surface area contributed by atoms with Crippen LogP contribution in [0.1, 0.15) is 10.4 Å². The first-order chi connectivity index (χ1) is 14.2. The van der Waals surface area contributed by atoms with Crippen LogP contribution in [0.25, 0.3) is 0 Å². The average molecular weight is 405 g/mol. The highest BCUT2D eigenvalue weighted by molar-refractivity contribution is 5.90. The molecule has 29 heavy (non-hydrogen) atoms. The molecule has 0 aromatic heterocycles. The van der Waals surface area contributed by atoms with Crippen molar-refractivity contribution in [2.45, 2.75) is 0 Å². The zero-order valence-corrected chi connectivity index (χ0v) is 16.2. The molecule has 1 heterocycles.